The van der Waals surface area contributed by atoms with Gasteiger partial charge in [0.15, 0.2) is 6.79 Å². The SMILES string of the molecule is CC(C)OCOC(=O)C1CCCCC1.[Na]. The molecule has 0 unspecified atom stereocenters. The Balaban J connectivity index is 0.00000196. The summed E-state index contributed by atoms with van der Waals surface area (Å²) < 4.78 is 10.2. The minimum Gasteiger partial charge on any atom is -0.438 e. The number of carbonyl (C=O) groups excluding carboxylic acids is 1. The van der Waals surface area contributed by atoms with Crippen LogP contribution in [-0.4, -0.2) is 48.4 Å². The molecule has 1 rings (SSSR count). The molecule has 0 spiro atoms. The van der Waals surface area contributed by atoms with Crippen molar-refractivity contribution in [2.24, 2.45) is 5.92 Å². The quantitative estimate of drug-likeness (QED) is 0.416. The Bertz CT molecular complexity index is 177. The van der Waals surface area contributed by atoms with Crippen molar-refractivity contribution >= 4 is 35.5 Å². The van der Waals surface area contributed by atoms with Crippen LogP contribution in [0.2, 0.25) is 0 Å². The van der Waals surface area contributed by atoms with Crippen LogP contribution in [0.3, 0.4) is 0 Å². The zero-order valence-electron chi connectivity index (χ0n) is 10.1. The smallest absolute Gasteiger partial charge is 0.311 e. The molecular weight excluding hydrogens is 203 g/mol. The standard InChI is InChI=1S/C11H20O3.Na/c1-9(2)13-8-14-11(12)10-6-4-3-5-7-10;/h9-10H,3-8H2,1-2H3;. The second-order valence-electron chi connectivity index (χ2n) is 4.13. The average molecular weight is 223 g/mol. The van der Waals surface area contributed by atoms with Gasteiger partial charge in [-0.3, -0.25) is 4.79 Å². The number of esters is 1. The van der Waals surface area contributed by atoms with E-state index in [-0.39, 0.29) is 54.3 Å². The summed E-state index contributed by atoms with van der Waals surface area (Å²) in [6, 6.07) is 0. The molecule has 0 atom stereocenters. The summed E-state index contributed by atoms with van der Waals surface area (Å²) >= 11 is 0. The summed E-state index contributed by atoms with van der Waals surface area (Å²) in [5, 5.41) is 0. The minimum absolute atomic E-state index is 0. The van der Waals surface area contributed by atoms with Gasteiger partial charge in [0, 0.05) is 29.6 Å². The van der Waals surface area contributed by atoms with E-state index >= 15 is 0 Å². The molecule has 0 aromatic carbocycles. The van der Waals surface area contributed by atoms with Gasteiger partial charge in [0.25, 0.3) is 0 Å². The Morgan fingerprint density at radius 3 is 2.40 bits per heavy atom. The van der Waals surface area contributed by atoms with E-state index in [4.69, 9.17) is 9.47 Å². The number of carbonyl (C=O) groups is 1. The van der Waals surface area contributed by atoms with Gasteiger partial charge in [0.1, 0.15) is 0 Å². The fourth-order valence-corrected chi connectivity index (χ4v) is 1.68. The molecule has 0 N–H and O–H groups in total. The number of rotatable bonds is 4. The van der Waals surface area contributed by atoms with E-state index in [1.807, 2.05) is 13.8 Å². The summed E-state index contributed by atoms with van der Waals surface area (Å²) in [5.74, 6) is 0.0462. The molecule has 15 heavy (non-hydrogen) atoms. The molecule has 1 aliphatic rings. The normalized spacial score (nSPS) is 17.3. The fourth-order valence-electron chi connectivity index (χ4n) is 1.68. The summed E-state index contributed by atoms with van der Waals surface area (Å²) in [7, 11) is 0. The Kier molecular flexibility index (Phi) is 8.81. The van der Waals surface area contributed by atoms with E-state index < -0.39 is 0 Å². The van der Waals surface area contributed by atoms with Crippen molar-refractivity contribution in [3.05, 3.63) is 0 Å². The Morgan fingerprint density at radius 2 is 1.87 bits per heavy atom. The molecule has 4 heteroatoms. The second-order valence-corrected chi connectivity index (χ2v) is 4.13. The molecule has 1 aliphatic carbocycles. The van der Waals surface area contributed by atoms with Gasteiger partial charge in [-0.2, -0.15) is 0 Å². The summed E-state index contributed by atoms with van der Waals surface area (Å²) in [6.45, 7) is 3.95. The van der Waals surface area contributed by atoms with Crippen LogP contribution in [0.4, 0.5) is 0 Å². The van der Waals surface area contributed by atoms with E-state index in [9.17, 15) is 4.79 Å². The largest absolute Gasteiger partial charge is 0.438 e. The first-order valence-electron chi connectivity index (χ1n) is 5.48. The Morgan fingerprint density at radius 1 is 1.27 bits per heavy atom. The van der Waals surface area contributed by atoms with Crippen LogP contribution in [0, 0.1) is 5.92 Å². The number of ether oxygens (including phenoxy) is 2. The zero-order chi connectivity index (χ0) is 10.4. The maximum Gasteiger partial charge on any atom is 0.311 e. The van der Waals surface area contributed by atoms with Gasteiger partial charge in [0.2, 0.25) is 0 Å². The molecule has 1 saturated carbocycles. The first-order valence-corrected chi connectivity index (χ1v) is 5.48. The number of hydrogen-bond acceptors (Lipinski definition) is 3. The van der Waals surface area contributed by atoms with Crippen LogP contribution < -0.4 is 0 Å². The maximum atomic E-state index is 11.5. The Hall–Kier alpha value is 0.430. The van der Waals surface area contributed by atoms with Gasteiger partial charge >= 0.3 is 5.97 Å². The molecule has 83 valence electrons. The molecule has 0 aromatic heterocycles. The van der Waals surface area contributed by atoms with Crippen molar-refractivity contribution in [3.8, 4) is 0 Å². The van der Waals surface area contributed by atoms with Crippen molar-refractivity contribution in [1.29, 1.82) is 0 Å². The van der Waals surface area contributed by atoms with Crippen LogP contribution in [-0.2, 0) is 14.3 Å². The van der Waals surface area contributed by atoms with Crippen LogP contribution >= 0.6 is 0 Å². The predicted molar refractivity (Wildman–Crippen MR) is 59.5 cm³/mol. The van der Waals surface area contributed by atoms with Gasteiger partial charge in [0.05, 0.1) is 12.0 Å². The minimum atomic E-state index is -0.0784. The first kappa shape index (κ1) is 15.4. The van der Waals surface area contributed by atoms with E-state index in [1.165, 1.54) is 6.42 Å². The zero-order valence-corrected chi connectivity index (χ0v) is 12.1. The van der Waals surface area contributed by atoms with E-state index in [2.05, 4.69) is 0 Å². The van der Waals surface area contributed by atoms with Crippen molar-refractivity contribution in [2.45, 2.75) is 52.1 Å². The molecule has 0 bridgehead atoms. The molecule has 3 nitrogen and oxygen atoms in total. The average Bonchev–Trinajstić information content (AvgIpc) is 2.18. The molecule has 0 saturated heterocycles. The molecule has 0 amide bonds. The van der Waals surface area contributed by atoms with Crippen molar-refractivity contribution < 1.29 is 14.3 Å². The first-order chi connectivity index (χ1) is 6.70. The van der Waals surface area contributed by atoms with Crippen molar-refractivity contribution in [2.75, 3.05) is 6.79 Å². The van der Waals surface area contributed by atoms with Gasteiger partial charge in [-0.05, 0) is 26.7 Å². The van der Waals surface area contributed by atoms with Crippen molar-refractivity contribution in [3.63, 3.8) is 0 Å². The van der Waals surface area contributed by atoms with Gasteiger partial charge < -0.3 is 9.47 Å². The van der Waals surface area contributed by atoms with Gasteiger partial charge in [-0.15, -0.1) is 0 Å². The van der Waals surface area contributed by atoms with Crippen LogP contribution in [0.5, 0.6) is 0 Å². The topological polar surface area (TPSA) is 35.5 Å². The van der Waals surface area contributed by atoms with Gasteiger partial charge in [-0.1, -0.05) is 19.3 Å². The summed E-state index contributed by atoms with van der Waals surface area (Å²) in [6.07, 6.45) is 5.66. The molecular formula is C11H20NaO3. The monoisotopic (exact) mass is 223 g/mol. The summed E-state index contributed by atoms with van der Waals surface area (Å²) in [4.78, 5) is 11.5. The van der Waals surface area contributed by atoms with E-state index in [1.54, 1.807) is 0 Å². The molecule has 0 heterocycles. The van der Waals surface area contributed by atoms with E-state index in [0.717, 1.165) is 25.7 Å². The van der Waals surface area contributed by atoms with Crippen LogP contribution in [0.15, 0.2) is 0 Å². The van der Waals surface area contributed by atoms with Crippen LogP contribution in [0.1, 0.15) is 46.0 Å². The van der Waals surface area contributed by atoms with Crippen molar-refractivity contribution in [1.82, 2.24) is 0 Å². The summed E-state index contributed by atoms with van der Waals surface area (Å²) in [5.41, 5.74) is 0. The Labute approximate surface area is 114 Å². The molecule has 0 aliphatic heterocycles. The third-order valence-corrected chi connectivity index (χ3v) is 2.54. The van der Waals surface area contributed by atoms with Crippen LogP contribution in [0.25, 0.3) is 0 Å². The maximum absolute atomic E-state index is 11.5. The number of hydrogen-bond donors (Lipinski definition) is 0. The predicted octanol–water partition coefficient (Wildman–Crippen LogP) is 2.11. The fraction of sp³-hybridized carbons (Fsp3) is 0.909. The third kappa shape index (κ3) is 6.56. The third-order valence-electron chi connectivity index (χ3n) is 2.54. The van der Waals surface area contributed by atoms with Gasteiger partial charge in [-0.25, -0.2) is 0 Å². The molecule has 1 fully saturated rings. The molecule has 0 aromatic rings. The van der Waals surface area contributed by atoms with E-state index in [0.29, 0.717) is 0 Å². The second kappa shape index (κ2) is 8.57. The molecule has 1 radical (unpaired) electrons.